The van der Waals surface area contributed by atoms with Crippen molar-refractivity contribution in [2.75, 3.05) is 6.16 Å². The van der Waals surface area contributed by atoms with Gasteiger partial charge in [-0.25, -0.2) is 0 Å². The Labute approximate surface area is 285 Å². The Hall–Kier alpha value is -1.57. The number of benzene rings is 2. The Bertz CT molecular complexity index is 1210. The highest BCUT2D eigenvalue weighted by Crippen LogP contribution is 2.63. The van der Waals surface area contributed by atoms with E-state index in [1.54, 1.807) is 0 Å². The topological polar surface area (TPSA) is 38.7 Å². The molecule has 2 aromatic carbocycles. The third-order valence-corrected chi connectivity index (χ3v) is 11.6. The van der Waals surface area contributed by atoms with Gasteiger partial charge in [0.2, 0.25) is 0 Å². The summed E-state index contributed by atoms with van der Waals surface area (Å²) in [5.41, 5.74) is 6.84. The summed E-state index contributed by atoms with van der Waals surface area (Å²) >= 11 is 0. The van der Waals surface area contributed by atoms with Crippen LogP contribution >= 0.6 is 7.94 Å². The number of hydrogen-bond donors (Lipinski definition) is 1. The van der Waals surface area contributed by atoms with Crippen molar-refractivity contribution in [3.05, 3.63) is 57.6 Å². The lowest BCUT2D eigenvalue weighted by Crippen LogP contribution is -2.25. The molecular formula is C42H70O3P+. The minimum absolute atomic E-state index is 0.0261. The fraction of sp³-hybridized carbons (Fsp3) is 0.714. The van der Waals surface area contributed by atoms with Gasteiger partial charge in [0.05, 0.1) is 0 Å². The van der Waals surface area contributed by atoms with Gasteiger partial charge in [-0.15, -0.1) is 0 Å². The molecule has 0 bridgehead atoms. The van der Waals surface area contributed by atoms with E-state index in [-0.39, 0.29) is 27.6 Å². The van der Waals surface area contributed by atoms with Gasteiger partial charge in [-0.3, -0.25) is 9.05 Å². The van der Waals surface area contributed by atoms with Crippen LogP contribution in [0, 0.1) is 0 Å². The van der Waals surface area contributed by atoms with Crippen LogP contribution in [-0.4, -0.2) is 11.1 Å². The maximum absolute atomic E-state index is 12.6. The van der Waals surface area contributed by atoms with E-state index in [2.05, 4.69) is 121 Å². The van der Waals surface area contributed by atoms with Crippen LogP contribution in [0.25, 0.3) is 0 Å². The van der Waals surface area contributed by atoms with E-state index in [0.29, 0.717) is 6.16 Å². The van der Waals surface area contributed by atoms with Gasteiger partial charge in [0, 0.05) is 28.2 Å². The van der Waals surface area contributed by atoms with E-state index >= 15 is 0 Å². The summed E-state index contributed by atoms with van der Waals surface area (Å²) in [6.45, 7) is 31.8. The lowest BCUT2D eigenvalue weighted by Gasteiger charge is -2.35. The second kappa shape index (κ2) is 14.9. The quantitative estimate of drug-likeness (QED) is 0.194. The molecule has 0 aliphatic carbocycles. The number of fused-ring (bicyclic) bond motifs is 2. The first-order valence-corrected chi connectivity index (χ1v) is 20.2. The van der Waals surface area contributed by atoms with Crippen molar-refractivity contribution >= 4 is 7.94 Å². The van der Waals surface area contributed by atoms with Gasteiger partial charge in [0.1, 0.15) is 0 Å². The molecule has 0 amide bonds. The van der Waals surface area contributed by atoms with Crippen molar-refractivity contribution in [3.63, 3.8) is 0 Å². The molecule has 0 unspecified atom stereocenters. The highest BCUT2D eigenvalue weighted by molar-refractivity contribution is 7.61. The SMILES string of the molecule is CCCCCCCCCCCC[P+]1(O)Oc2c(cc(C(C)(C)C)cc2C(C)(C)C)C(C)c2cc(C(C)(C)C)cc(C(C)(C)C)c2O1. The fourth-order valence-electron chi connectivity index (χ4n) is 6.49. The van der Waals surface area contributed by atoms with Gasteiger partial charge in [-0.2, -0.15) is 4.89 Å². The first kappa shape index (κ1) is 38.9. The maximum Gasteiger partial charge on any atom is 0.495 e. The van der Waals surface area contributed by atoms with E-state index in [1.807, 2.05) is 0 Å². The van der Waals surface area contributed by atoms with Crippen molar-refractivity contribution in [1.82, 2.24) is 0 Å². The molecule has 0 radical (unpaired) electrons. The van der Waals surface area contributed by atoms with Crippen LogP contribution in [0.5, 0.6) is 11.5 Å². The van der Waals surface area contributed by atoms with Gasteiger partial charge < -0.3 is 0 Å². The van der Waals surface area contributed by atoms with Crippen molar-refractivity contribution in [2.24, 2.45) is 0 Å². The van der Waals surface area contributed by atoms with Gasteiger partial charge in [0.15, 0.2) is 17.7 Å². The number of rotatable bonds is 11. The smallest absolute Gasteiger partial charge is 0.277 e. The Morgan fingerprint density at radius 1 is 0.543 bits per heavy atom. The molecule has 0 saturated carbocycles. The third-order valence-electron chi connectivity index (χ3n) is 9.78. The zero-order chi connectivity index (χ0) is 34.7. The molecule has 3 rings (SSSR count). The standard InChI is InChI=1S/C42H70O3P/c1-15-16-17-18-19-20-21-22-23-24-25-46(43)44-37-33(26-31(39(3,4)5)28-35(37)41(9,10)11)30(2)34-27-32(40(6,7)8)29-36(38(34)45-46)42(12,13)14/h26-30,43H,15-25H2,1-14H3/q+1. The van der Waals surface area contributed by atoms with E-state index in [1.165, 1.54) is 62.5 Å². The first-order valence-electron chi connectivity index (χ1n) is 18.5. The highest BCUT2D eigenvalue weighted by atomic mass is 31.2. The van der Waals surface area contributed by atoms with Crippen molar-refractivity contribution in [2.45, 2.75) is 189 Å². The second-order valence-corrected chi connectivity index (χ2v) is 20.4. The fourth-order valence-corrected chi connectivity index (χ4v) is 8.31. The third kappa shape index (κ3) is 9.98. The molecular weight excluding hydrogens is 583 g/mol. The molecule has 260 valence electrons. The summed E-state index contributed by atoms with van der Waals surface area (Å²) in [6.07, 6.45) is 13.0. The minimum atomic E-state index is -3.30. The van der Waals surface area contributed by atoms with Crippen LogP contribution in [0.2, 0.25) is 0 Å². The molecule has 0 fully saturated rings. The van der Waals surface area contributed by atoms with E-state index in [9.17, 15) is 4.89 Å². The van der Waals surface area contributed by atoms with Crippen LogP contribution in [0.3, 0.4) is 0 Å². The van der Waals surface area contributed by atoms with E-state index in [0.717, 1.165) is 46.6 Å². The summed E-state index contributed by atoms with van der Waals surface area (Å²) in [6, 6.07) is 9.36. The Kier molecular flexibility index (Phi) is 12.6. The van der Waals surface area contributed by atoms with Crippen LogP contribution in [-0.2, 0) is 21.7 Å². The van der Waals surface area contributed by atoms with Crippen molar-refractivity contribution in [1.29, 1.82) is 0 Å². The molecule has 1 aliphatic rings. The summed E-state index contributed by atoms with van der Waals surface area (Å²) in [4.78, 5) is 12.6. The Morgan fingerprint density at radius 2 is 0.891 bits per heavy atom. The average molecular weight is 654 g/mol. The van der Waals surface area contributed by atoms with Crippen LogP contribution in [0.15, 0.2) is 24.3 Å². The minimum Gasteiger partial charge on any atom is -0.277 e. The molecule has 1 aliphatic heterocycles. The normalized spacial score (nSPS) is 19.1. The van der Waals surface area contributed by atoms with Gasteiger partial charge in [-0.1, -0.05) is 173 Å². The molecule has 46 heavy (non-hydrogen) atoms. The largest absolute Gasteiger partial charge is 0.495 e. The molecule has 0 saturated heterocycles. The predicted molar refractivity (Wildman–Crippen MR) is 202 cm³/mol. The zero-order valence-electron chi connectivity index (χ0n) is 32.4. The van der Waals surface area contributed by atoms with Crippen molar-refractivity contribution < 1.29 is 13.9 Å². The molecule has 2 aromatic rings. The Morgan fingerprint density at radius 3 is 1.22 bits per heavy atom. The summed E-state index contributed by atoms with van der Waals surface area (Å²) in [5, 5.41) is 0. The van der Waals surface area contributed by atoms with E-state index < -0.39 is 7.94 Å². The van der Waals surface area contributed by atoms with Crippen LogP contribution < -0.4 is 9.05 Å². The van der Waals surface area contributed by atoms with Crippen LogP contribution in [0.4, 0.5) is 0 Å². The average Bonchev–Trinajstić information content (AvgIpc) is 2.90. The van der Waals surface area contributed by atoms with Crippen molar-refractivity contribution in [3.8, 4) is 11.5 Å². The highest BCUT2D eigenvalue weighted by Gasteiger charge is 2.49. The predicted octanol–water partition coefficient (Wildman–Crippen LogP) is 13.5. The Balaban J connectivity index is 2.14. The number of unbranched alkanes of at least 4 members (excludes halogenated alkanes) is 9. The van der Waals surface area contributed by atoms with Gasteiger partial charge >= 0.3 is 7.94 Å². The molecule has 1 heterocycles. The lowest BCUT2D eigenvalue weighted by atomic mass is 9.74. The molecule has 0 aromatic heterocycles. The molecule has 0 spiro atoms. The second-order valence-electron chi connectivity index (χ2n) is 18.3. The molecule has 4 heteroatoms. The molecule has 3 nitrogen and oxygen atoms in total. The van der Waals surface area contributed by atoms with Crippen LogP contribution in [0.1, 0.15) is 200 Å². The maximum atomic E-state index is 12.6. The molecule has 0 atom stereocenters. The summed E-state index contributed by atoms with van der Waals surface area (Å²) in [7, 11) is -3.30. The summed E-state index contributed by atoms with van der Waals surface area (Å²) < 4.78 is 13.9. The van der Waals surface area contributed by atoms with Gasteiger partial charge in [0.25, 0.3) is 0 Å². The first-order chi connectivity index (χ1) is 21.1. The zero-order valence-corrected chi connectivity index (χ0v) is 33.3. The van der Waals surface area contributed by atoms with E-state index in [4.69, 9.17) is 9.05 Å². The molecule has 1 N–H and O–H groups in total. The summed E-state index contributed by atoms with van der Waals surface area (Å²) in [5.74, 6) is 1.70. The monoisotopic (exact) mass is 654 g/mol. The van der Waals surface area contributed by atoms with Gasteiger partial charge in [-0.05, 0) is 45.6 Å². The number of hydrogen-bond acceptors (Lipinski definition) is 3. The lowest BCUT2D eigenvalue weighted by molar-refractivity contribution is 0.327.